The van der Waals surface area contributed by atoms with E-state index in [-0.39, 0.29) is 11.2 Å². The Bertz CT molecular complexity index is 246. The molecular weight excluding hydrogens is 232 g/mol. The summed E-state index contributed by atoms with van der Waals surface area (Å²) in [7, 11) is 0. The first-order chi connectivity index (χ1) is 8.04. The summed E-state index contributed by atoms with van der Waals surface area (Å²) in [6, 6.07) is 0.878. The number of thioether (sulfide) groups is 1. The number of hydrogen-bond acceptors (Lipinski definition) is 3. The van der Waals surface area contributed by atoms with E-state index in [0.717, 1.165) is 25.1 Å². The first-order valence-electron chi connectivity index (χ1n) is 6.70. The molecule has 3 unspecified atom stereocenters. The normalized spacial score (nSPS) is 26.9. The lowest BCUT2D eigenvalue weighted by Crippen LogP contribution is -2.49. The van der Waals surface area contributed by atoms with Crippen LogP contribution in [0.25, 0.3) is 0 Å². The highest BCUT2D eigenvalue weighted by Crippen LogP contribution is 2.20. The third-order valence-corrected chi connectivity index (χ3v) is 4.63. The van der Waals surface area contributed by atoms with Gasteiger partial charge in [0, 0.05) is 12.1 Å². The lowest BCUT2D eigenvalue weighted by Gasteiger charge is -2.30. The van der Waals surface area contributed by atoms with Gasteiger partial charge in [-0.05, 0) is 38.0 Å². The number of carbonyl (C=O) groups is 1. The molecule has 0 radical (unpaired) electrons. The molecule has 3 atom stereocenters. The standard InChI is InChI=1S/C13H26N2OS/c1-5-17-12(9(2)3)13(16)15-11-6-7-14-10(4)8-11/h9-12,14H,5-8H2,1-4H3,(H,15,16). The molecule has 0 aromatic rings. The Morgan fingerprint density at radius 1 is 1.53 bits per heavy atom. The minimum absolute atomic E-state index is 0.102. The minimum Gasteiger partial charge on any atom is -0.352 e. The van der Waals surface area contributed by atoms with E-state index in [1.54, 1.807) is 11.8 Å². The smallest absolute Gasteiger partial charge is 0.233 e. The summed E-state index contributed by atoms with van der Waals surface area (Å²) in [4.78, 5) is 12.2. The van der Waals surface area contributed by atoms with Gasteiger partial charge in [0.2, 0.25) is 5.91 Å². The molecule has 17 heavy (non-hydrogen) atoms. The summed E-state index contributed by atoms with van der Waals surface area (Å²) in [6.45, 7) is 9.55. The number of rotatable bonds is 5. The van der Waals surface area contributed by atoms with Crippen LogP contribution in [-0.2, 0) is 4.79 Å². The summed E-state index contributed by atoms with van der Waals surface area (Å²) >= 11 is 1.75. The van der Waals surface area contributed by atoms with Crippen LogP contribution < -0.4 is 10.6 Å². The topological polar surface area (TPSA) is 41.1 Å². The number of nitrogens with one attached hydrogen (secondary N) is 2. The molecule has 1 fully saturated rings. The number of piperidine rings is 1. The van der Waals surface area contributed by atoms with Crippen LogP contribution in [0, 0.1) is 5.92 Å². The van der Waals surface area contributed by atoms with Crippen molar-refractivity contribution in [3.8, 4) is 0 Å². The summed E-state index contributed by atoms with van der Waals surface area (Å²) in [5, 5.41) is 6.72. The summed E-state index contributed by atoms with van der Waals surface area (Å²) in [6.07, 6.45) is 2.10. The maximum atomic E-state index is 12.2. The molecule has 0 aliphatic carbocycles. The first-order valence-corrected chi connectivity index (χ1v) is 7.74. The number of hydrogen-bond donors (Lipinski definition) is 2. The Morgan fingerprint density at radius 2 is 2.24 bits per heavy atom. The molecule has 1 heterocycles. The van der Waals surface area contributed by atoms with Crippen LogP contribution in [0.4, 0.5) is 0 Å². The van der Waals surface area contributed by atoms with Crippen molar-refractivity contribution in [1.29, 1.82) is 0 Å². The van der Waals surface area contributed by atoms with E-state index in [4.69, 9.17) is 0 Å². The van der Waals surface area contributed by atoms with Crippen LogP contribution in [0.2, 0.25) is 0 Å². The van der Waals surface area contributed by atoms with Gasteiger partial charge in [-0.3, -0.25) is 4.79 Å². The van der Waals surface area contributed by atoms with Crippen molar-refractivity contribution >= 4 is 17.7 Å². The Balaban J connectivity index is 2.45. The van der Waals surface area contributed by atoms with Crippen molar-refractivity contribution in [3.63, 3.8) is 0 Å². The maximum absolute atomic E-state index is 12.2. The predicted octanol–water partition coefficient (Wildman–Crippen LogP) is 2.02. The predicted molar refractivity (Wildman–Crippen MR) is 75.4 cm³/mol. The third-order valence-electron chi connectivity index (χ3n) is 3.18. The van der Waals surface area contributed by atoms with Gasteiger partial charge in [-0.15, -0.1) is 11.8 Å². The highest BCUT2D eigenvalue weighted by molar-refractivity contribution is 8.00. The molecule has 3 nitrogen and oxygen atoms in total. The Kier molecular flexibility index (Phi) is 6.34. The average Bonchev–Trinajstić information content (AvgIpc) is 2.25. The molecule has 2 N–H and O–H groups in total. The van der Waals surface area contributed by atoms with Gasteiger partial charge in [-0.1, -0.05) is 20.8 Å². The molecule has 1 aliphatic rings. The molecule has 1 aliphatic heterocycles. The lowest BCUT2D eigenvalue weighted by atomic mass is 10.00. The summed E-state index contributed by atoms with van der Waals surface area (Å²) in [5.74, 6) is 1.63. The second kappa shape index (κ2) is 7.27. The Hall–Kier alpha value is -0.220. The van der Waals surface area contributed by atoms with Crippen LogP contribution in [0.5, 0.6) is 0 Å². The Labute approximate surface area is 109 Å². The number of carbonyl (C=O) groups excluding carboxylic acids is 1. The van der Waals surface area contributed by atoms with Crippen molar-refractivity contribution in [2.24, 2.45) is 5.92 Å². The molecule has 0 aromatic heterocycles. The van der Waals surface area contributed by atoms with Gasteiger partial charge in [0.15, 0.2) is 0 Å². The molecule has 0 aromatic carbocycles. The van der Waals surface area contributed by atoms with Gasteiger partial charge in [-0.25, -0.2) is 0 Å². The van der Waals surface area contributed by atoms with Gasteiger partial charge in [0.05, 0.1) is 5.25 Å². The van der Waals surface area contributed by atoms with Gasteiger partial charge < -0.3 is 10.6 Å². The fourth-order valence-electron chi connectivity index (χ4n) is 2.30. The third kappa shape index (κ3) is 4.88. The summed E-state index contributed by atoms with van der Waals surface area (Å²) in [5.41, 5.74) is 0. The van der Waals surface area contributed by atoms with E-state index in [2.05, 4.69) is 38.3 Å². The minimum atomic E-state index is 0.102. The van der Waals surface area contributed by atoms with E-state index in [0.29, 0.717) is 18.0 Å². The molecule has 4 heteroatoms. The molecule has 0 spiro atoms. The van der Waals surface area contributed by atoms with Crippen LogP contribution in [0.15, 0.2) is 0 Å². The Morgan fingerprint density at radius 3 is 2.76 bits per heavy atom. The van der Waals surface area contributed by atoms with Crippen molar-refractivity contribution in [2.45, 2.75) is 57.9 Å². The van der Waals surface area contributed by atoms with Crippen LogP contribution >= 0.6 is 11.8 Å². The van der Waals surface area contributed by atoms with Crippen molar-refractivity contribution in [2.75, 3.05) is 12.3 Å². The van der Waals surface area contributed by atoms with E-state index in [9.17, 15) is 4.79 Å². The van der Waals surface area contributed by atoms with Crippen LogP contribution in [0.1, 0.15) is 40.5 Å². The van der Waals surface area contributed by atoms with Gasteiger partial charge in [0.1, 0.15) is 0 Å². The monoisotopic (exact) mass is 258 g/mol. The van der Waals surface area contributed by atoms with Crippen LogP contribution in [0.3, 0.4) is 0 Å². The largest absolute Gasteiger partial charge is 0.352 e. The zero-order valence-electron chi connectivity index (χ0n) is 11.5. The second-order valence-electron chi connectivity index (χ2n) is 5.21. The highest BCUT2D eigenvalue weighted by Gasteiger charge is 2.26. The average molecular weight is 258 g/mol. The first kappa shape index (κ1) is 14.8. The molecule has 1 saturated heterocycles. The molecule has 1 amide bonds. The summed E-state index contributed by atoms with van der Waals surface area (Å²) < 4.78 is 0. The fraction of sp³-hybridized carbons (Fsp3) is 0.923. The highest BCUT2D eigenvalue weighted by atomic mass is 32.2. The number of amides is 1. The van der Waals surface area contributed by atoms with Crippen molar-refractivity contribution in [1.82, 2.24) is 10.6 Å². The van der Waals surface area contributed by atoms with Crippen molar-refractivity contribution in [3.05, 3.63) is 0 Å². The van der Waals surface area contributed by atoms with E-state index >= 15 is 0 Å². The molecular formula is C13H26N2OS. The molecule has 0 bridgehead atoms. The van der Waals surface area contributed by atoms with Gasteiger partial charge >= 0.3 is 0 Å². The molecule has 100 valence electrons. The van der Waals surface area contributed by atoms with Crippen molar-refractivity contribution < 1.29 is 4.79 Å². The quantitative estimate of drug-likeness (QED) is 0.793. The fourth-order valence-corrected chi connectivity index (χ4v) is 3.26. The molecule has 0 saturated carbocycles. The zero-order chi connectivity index (χ0) is 12.8. The SMILES string of the molecule is CCSC(C(=O)NC1CCNC(C)C1)C(C)C. The van der Waals surface area contributed by atoms with Gasteiger partial charge in [-0.2, -0.15) is 0 Å². The molecule has 1 rings (SSSR count). The van der Waals surface area contributed by atoms with E-state index in [1.807, 2.05) is 0 Å². The van der Waals surface area contributed by atoms with E-state index < -0.39 is 0 Å². The maximum Gasteiger partial charge on any atom is 0.233 e. The van der Waals surface area contributed by atoms with Crippen LogP contribution in [-0.4, -0.2) is 35.5 Å². The second-order valence-corrected chi connectivity index (χ2v) is 6.62. The lowest BCUT2D eigenvalue weighted by molar-refractivity contribution is -0.122. The zero-order valence-corrected chi connectivity index (χ0v) is 12.3. The van der Waals surface area contributed by atoms with E-state index in [1.165, 1.54) is 0 Å². The van der Waals surface area contributed by atoms with Gasteiger partial charge in [0.25, 0.3) is 0 Å².